The van der Waals surface area contributed by atoms with Crippen LogP contribution >= 0.6 is 11.3 Å². The molecular weight excluding hydrogens is 601 g/mol. The number of aliphatic carboxylic acids is 1. The number of nitrogens with zero attached hydrogens (tertiary/aromatic N) is 4. The Bertz CT molecular complexity index is 1700. The lowest BCUT2D eigenvalue weighted by Gasteiger charge is -2.23. The van der Waals surface area contributed by atoms with Crippen LogP contribution in [-0.2, 0) is 38.8 Å². The van der Waals surface area contributed by atoms with Gasteiger partial charge in [0.15, 0.2) is 0 Å². The molecule has 4 aromatic rings. The van der Waals surface area contributed by atoms with Crippen molar-refractivity contribution in [2.45, 2.75) is 49.5 Å². The minimum atomic E-state index is -4.53. The van der Waals surface area contributed by atoms with Gasteiger partial charge >= 0.3 is 12.1 Å². The molecule has 0 aliphatic heterocycles. The maximum atomic E-state index is 13.2. The van der Waals surface area contributed by atoms with Gasteiger partial charge < -0.3 is 15.2 Å². The van der Waals surface area contributed by atoms with Gasteiger partial charge in [-0.25, -0.2) is 28.0 Å². The van der Waals surface area contributed by atoms with E-state index in [1.54, 1.807) is 32.0 Å². The molecule has 0 radical (unpaired) electrons. The van der Waals surface area contributed by atoms with Crippen molar-refractivity contribution >= 4 is 43.5 Å². The lowest BCUT2D eigenvalue weighted by molar-refractivity contribution is -0.142. The summed E-state index contributed by atoms with van der Waals surface area (Å²) in [4.78, 5) is 29.0. The second-order valence-corrected chi connectivity index (χ2v) is 12.4. The molecule has 0 spiro atoms. The Morgan fingerprint density at radius 2 is 1.86 bits per heavy atom. The largest absolute Gasteiger partial charge is 0.487 e. The van der Waals surface area contributed by atoms with Crippen LogP contribution in [0.2, 0.25) is 0 Å². The predicted molar refractivity (Wildman–Crippen MR) is 144 cm³/mol. The van der Waals surface area contributed by atoms with Crippen molar-refractivity contribution in [3.8, 4) is 5.75 Å². The van der Waals surface area contributed by atoms with Gasteiger partial charge in [0.1, 0.15) is 30.1 Å². The highest BCUT2D eigenvalue weighted by molar-refractivity contribution is 7.91. The molecular formula is C25H25F3N6O6S2. The number of rotatable bonds is 11. The van der Waals surface area contributed by atoms with Gasteiger partial charge in [-0.2, -0.15) is 13.2 Å². The Hall–Kier alpha value is -4.09. The molecule has 4 rings (SSSR count). The summed E-state index contributed by atoms with van der Waals surface area (Å²) in [5, 5.41) is 25.3. The van der Waals surface area contributed by atoms with Crippen molar-refractivity contribution in [1.82, 2.24) is 25.3 Å². The molecule has 4 N–H and O–H groups in total. The first-order valence-corrected chi connectivity index (χ1v) is 14.6. The van der Waals surface area contributed by atoms with E-state index >= 15 is 0 Å². The zero-order valence-corrected chi connectivity index (χ0v) is 23.7. The molecule has 0 fully saturated rings. The third-order valence-electron chi connectivity index (χ3n) is 6.05. The van der Waals surface area contributed by atoms with Crippen LogP contribution in [0.4, 0.5) is 13.2 Å². The number of sulfonamides is 1. The van der Waals surface area contributed by atoms with Gasteiger partial charge in [0.2, 0.25) is 10.2 Å². The summed E-state index contributed by atoms with van der Waals surface area (Å²) in [7, 11) is -3.94. The van der Waals surface area contributed by atoms with E-state index in [2.05, 4.69) is 20.6 Å². The van der Waals surface area contributed by atoms with Crippen molar-refractivity contribution in [1.29, 1.82) is 0 Å². The summed E-state index contributed by atoms with van der Waals surface area (Å²) in [6.07, 6.45) is -3.29. The number of carboxylic acids is 1. The van der Waals surface area contributed by atoms with Gasteiger partial charge in [0.05, 0.1) is 22.0 Å². The summed E-state index contributed by atoms with van der Waals surface area (Å²) in [6.45, 7) is 3.41. The van der Waals surface area contributed by atoms with Crippen LogP contribution in [0.15, 0.2) is 53.0 Å². The molecule has 224 valence electrons. The Kier molecular flexibility index (Phi) is 8.84. The van der Waals surface area contributed by atoms with Crippen molar-refractivity contribution in [2.75, 3.05) is 0 Å². The minimum Gasteiger partial charge on any atom is -0.487 e. The maximum absolute atomic E-state index is 13.2. The van der Waals surface area contributed by atoms with Gasteiger partial charge in [0, 0.05) is 6.42 Å². The molecule has 0 bridgehead atoms. The number of nitrogens with two attached hydrogens (primary N) is 1. The molecule has 12 nitrogen and oxygen atoms in total. The number of benzene rings is 2. The number of nitrogens with one attached hydrogen (secondary N) is 1. The molecule has 17 heteroatoms. The first kappa shape index (κ1) is 30.9. The molecule has 2 aromatic carbocycles. The average molecular weight is 627 g/mol. The first-order valence-electron chi connectivity index (χ1n) is 12.3. The van der Waals surface area contributed by atoms with Gasteiger partial charge in [-0.15, -0.1) is 16.4 Å². The van der Waals surface area contributed by atoms with E-state index in [-0.39, 0.29) is 23.3 Å². The lowest BCUT2D eigenvalue weighted by Crippen LogP contribution is -2.46. The fourth-order valence-electron chi connectivity index (χ4n) is 4.02. The smallest absolute Gasteiger partial charge is 0.416 e. The number of hydrogen-bond donors (Lipinski definition) is 3. The summed E-state index contributed by atoms with van der Waals surface area (Å²) in [5.74, 6) is -1.97. The maximum Gasteiger partial charge on any atom is 0.416 e. The number of carbonyl (C=O) groups excluding carboxylic acids is 1. The van der Waals surface area contributed by atoms with Crippen molar-refractivity contribution in [3.05, 3.63) is 65.5 Å². The van der Waals surface area contributed by atoms with E-state index in [9.17, 15) is 36.3 Å². The fourth-order valence-corrected chi connectivity index (χ4v) is 5.70. The number of carboxylic acid groups (broad SMARTS) is 1. The Labute approximate surface area is 241 Å². The standard InChI is InChI=1S/C25H25F3N6O6S2/c1-13(2)21(22(35)30-19(23(36)37)9-14-3-5-15(6-4-14)25(26,27)28)34-11-16(32-33-34)12-40-17-7-8-18-20(10-17)41-24(31-18)42(29,38)39/h3-8,10-11,13,19,21H,9,12H2,1-2H3,(H,30,35)(H,36,37)(H2,29,38,39)/t19-,21+/m0/s1. The molecule has 0 aliphatic carbocycles. The Balaban J connectivity index is 1.43. The Morgan fingerprint density at radius 3 is 2.45 bits per heavy atom. The second-order valence-electron chi connectivity index (χ2n) is 9.62. The number of ether oxygens (including phenoxy) is 1. The van der Waals surface area contributed by atoms with Gasteiger partial charge in [0.25, 0.3) is 10.0 Å². The van der Waals surface area contributed by atoms with Gasteiger partial charge in [-0.3, -0.25) is 4.79 Å². The fraction of sp³-hybridized carbons (Fsp3) is 0.320. The summed E-state index contributed by atoms with van der Waals surface area (Å²) >= 11 is 0.896. The highest BCUT2D eigenvalue weighted by atomic mass is 32.2. The number of aromatic nitrogens is 4. The van der Waals surface area contributed by atoms with Crippen LogP contribution in [-0.4, -0.2) is 51.4 Å². The van der Waals surface area contributed by atoms with Crippen LogP contribution in [0.25, 0.3) is 10.2 Å². The number of carbonyl (C=O) groups is 2. The van der Waals surface area contributed by atoms with E-state index in [1.165, 1.54) is 23.0 Å². The molecule has 0 saturated heterocycles. The molecule has 2 atom stereocenters. The average Bonchev–Trinajstić information content (AvgIpc) is 3.53. The lowest BCUT2D eigenvalue weighted by atomic mass is 10.0. The summed E-state index contributed by atoms with van der Waals surface area (Å²) in [5.41, 5.74) is 0.219. The molecule has 0 saturated carbocycles. The van der Waals surface area contributed by atoms with Gasteiger partial charge in [-0.1, -0.05) is 31.2 Å². The summed E-state index contributed by atoms with van der Waals surface area (Å²) < 4.78 is 69.0. The number of fused-ring (bicyclic) bond motifs is 1. The highest BCUT2D eigenvalue weighted by Crippen LogP contribution is 2.30. The van der Waals surface area contributed by atoms with Crippen LogP contribution in [0.3, 0.4) is 0 Å². The molecule has 0 aliphatic rings. The van der Waals surface area contributed by atoms with Crippen LogP contribution in [0, 0.1) is 5.92 Å². The number of amides is 1. The van der Waals surface area contributed by atoms with Crippen molar-refractivity contribution in [2.24, 2.45) is 11.1 Å². The van der Waals surface area contributed by atoms with Crippen LogP contribution < -0.4 is 15.2 Å². The second kappa shape index (κ2) is 12.0. The zero-order chi connectivity index (χ0) is 30.8. The predicted octanol–water partition coefficient (Wildman–Crippen LogP) is 3.14. The molecule has 2 aromatic heterocycles. The van der Waals surface area contributed by atoms with E-state index in [4.69, 9.17) is 9.88 Å². The minimum absolute atomic E-state index is 0.0511. The van der Waals surface area contributed by atoms with Crippen LogP contribution in [0.5, 0.6) is 5.75 Å². The normalized spacial score (nSPS) is 13.7. The van der Waals surface area contributed by atoms with Crippen molar-refractivity contribution in [3.63, 3.8) is 0 Å². The topological polar surface area (TPSA) is 179 Å². The summed E-state index contributed by atoms with van der Waals surface area (Å²) in [6, 6.07) is 6.44. The quantitative estimate of drug-likeness (QED) is 0.225. The number of alkyl halides is 3. The SMILES string of the molecule is CC(C)[C@H](C(=O)N[C@@H](Cc1ccc(C(F)(F)F)cc1)C(=O)O)n1cc(COc2ccc3nc(S(N)(=O)=O)sc3c2)nn1. The van der Waals surface area contributed by atoms with Crippen molar-refractivity contribution < 1.29 is 41.0 Å². The number of hydrogen-bond acceptors (Lipinski definition) is 9. The van der Waals surface area contributed by atoms with Gasteiger partial charge in [-0.05, 0) is 41.8 Å². The zero-order valence-electron chi connectivity index (χ0n) is 22.1. The third kappa shape index (κ3) is 7.40. The Morgan fingerprint density at radius 1 is 1.17 bits per heavy atom. The highest BCUT2D eigenvalue weighted by Gasteiger charge is 2.32. The first-order chi connectivity index (χ1) is 19.6. The number of thiazole rings is 1. The molecule has 42 heavy (non-hydrogen) atoms. The number of primary sulfonamides is 1. The van der Waals surface area contributed by atoms with E-state index in [0.717, 1.165) is 23.5 Å². The van der Waals surface area contributed by atoms with Crippen LogP contribution in [0.1, 0.15) is 36.7 Å². The van der Waals surface area contributed by atoms with E-state index in [1.807, 2.05) is 0 Å². The number of halogens is 3. The molecule has 2 heterocycles. The van der Waals surface area contributed by atoms with E-state index in [0.29, 0.717) is 27.2 Å². The molecule has 1 amide bonds. The monoisotopic (exact) mass is 626 g/mol. The molecule has 0 unspecified atom stereocenters. The van der Waals surface area contributed by atoms with E-state index < -0.39 is 45.7 Å². The third-order valence-corrected chi connectivity index (χ3v) is 8.39.